The minimum absolute atomic E-state index is 0.250. The highest BCUT2D eigenvalue weighted by atomic mass is 35.5. The molecular weight excluding hydrogens is 312 g/mol. The maximum absolute atomic E-state index is 13.7. The Hall–Kier alpha value is -1.91. The van der Waals surface area contributed by atoms with Gasteiger partial charge in [0.15, 0.2) is 5.82 Å². The van der Waals surface area contributed by atoms with E-state index in [2.05, 4.69) is 9.97 Å². The first-order valence-electron chi connectivity index (χ1n) is 6.14. The SMILES string of the molecule is Cc1ccc(-c2nc(N)c3cc(Cl)cc(Cl)c3n2)cc1F. The molecule has 0 aliphatic heterocycles. The van der Waals surface area contributed by atoms with Crippen molar-refractivity contribution < 1.29 is 4.39 Å². The molecule has 0 saturated heterocycles. The zero-order chi connectivity index (χ0) is 15.1. The molecule has 0 fully saturated rings. The van der Waals surface area contributed by atoms with Crippen molar-refractivity contribution in [3.05, 3.63) is 51.8 Å². The van der Waals surface area contributed by atoms with Crippen molar-refractivity contribution in [1.82, 2.24) is 9.97 Å². The molecule has 3 aromatic rings. The third-order valence-corrected chi connectivity index (χ3v) is 3.68. The zero-order valence-electron chi connectivity index (χ0n) is 11.0. The quantitative estimate of drug-likeness (QED) is 0.710. The van der Waals surface area contributed by atoms with Gasteiger partial charge in [0.25, 0.3) is 0 Å². The number of nitrogen functional groups attached to an aromatic ring is 1. The zero-order valence-corrected chi connectivity index (χ0v) is 12.5. The van der Waals surface area contributed by atoms with Crippen LogP contribution in [-0.2, 0) is 0 Å². The van der Waals surface area contributed by atoms with Crippen molar-refractivity contribution >= 4 is 39.9 Å². The summed E-state index contributed by atoms with van der Waals surface area (Å²) in [6.45, 7) is 1.69. The fourth-order valence-electron chi connectivity index (χ4n) is 2.04. The van der Waals surface area contributed by atoms with Gasteiger partial charge in [0.05, 0.1) is 10.5 Å². The highest BCUT2D eigenvalue weighted by Crippen LogP contribution is 2.31. The third kappa shape index (κ3) is 2.52. The minimum Gasteiger partial charge on any atom is -0.383 e. The van der Waals surface area contributed by atoms with E-state index in [0.29, 0.717) is 37.9 Å². The third-order valence-electron chi connectivity index (χ3n) is 3.18. The lowest BCUT2D eigenvalue weighted by molar-refractivity contribution is 0.619. The van der Waals surface area contributed by atoms with Gasteiger partial charge in [-0.1, -0.05) is 35.3 Å². The van der Waals surface area contributed by atoms with Crippen LogP contribution in [0, 0.1) is 12.7 Å². The number of nitrogens with two attached hydrogens (primary N) is 1. The molecule has 0 amide bonds. The van der Waals surface area contributed by atoms with Crippen molar-refractivity contribution in [2.45, 2.75) is 6.92 Å². The molecule has 0 bridgehead atoms. The number of benzene rings is 2. The minimum atomic E-state index is -0.322. The van der Waals surface area contributed by atoms with Crippen LogP contribution in [0.15, 0.2) is 30.3 Å². The van der Waals surface area contributed by atoms with E-state index in [1.807, 2.05) is 0 Å². The number of hydrogen-bond acceptors (Lipinski definition) is 3. The summed E-state index contributed by atoms with van der Waals surface area (Å²) < 4.78 is 13.7. The second-order valence-electron chi connectivity index (χ2n) is 4.68. The summed E-state index contributed by atoms with van der Waals surface area (Å²) in [5, 5.41) is 1.40. The van der Waals surface area contributed by atoms with E-state index in [1.165, 1.54) is 6.07 Å². The fourth-order valence-corrected chi connectivity index (χ4v) is 2.58. The van der Waals surface area contributed by atoms with Crippen LogP contribution in [0.1, 0.15) is 5.56 Å². The molecule has 2 N–H and O–H groups in total. The van der Waals surface area contributed by atoms with Crippen LogP contribution in [0.25, 0.3) is 22.3 Å². The number of anilines is 1. The highest BCUT2D eigenvalue weighted by molar-refractivity contribution is 6.38. The Bertz CT molecular complexity index is 865. The Morgan fingerprint density at radius 3 is 2.57 bits per heavy atom. The van der Waals surface area contributed by atoms with Crippen LogP contribution in [0.4, 0.5) is 10.2 Å². The average Bonchev–Trinajstić information content (AvgIpc) is 2.43. The predicted octanol–water partition coefficient (Wildman–Crippen LogP) is 4.63. The van der Waals surface area contributed by atoms with Gasteiger partial charge in [-0.3, -0.25) is 0 Å². The monoisotopic (exact) mass is 321 g/mol. The van der Waals surface area contributed by atoms with Crippen molar-refractivity contribution in [2.75, 3.05) is 5.73 Å². The Balaban J connectivity index is 2.27. The van der Waals surface area contributed by atoms with E-state index in [4.69, 9.17) is 28.9 Å². The fraction of sp³-hybridized carbons (Fsp3) is 0.0667. The number of rotatable bonds is 1. The van der Waals surface area contributed by atoms with Gasteiger partial charge >= 0.3 is 0 Å². The highest BCUT2D eigenvalue weighted by Gasteiger charge is 2.12. The average molecular weight is 322 g/mol. The van der Waals surface area contributed by atoms with Crippen LogP contribution in [-0.4, -0.2) is 9.97 Å². The Morgan fingerprint density at radius 1 is 1.10 bits per heavy atom. The lowest BCUT2D eigenvalue weighted by Gasteiger charge is -2.08. The van der Waals surface area contributed by atoms with Gasteiger partial charge in [-0.15, -0.1) is 0 Å². The topological polar surface area (TPSA) is 51.8 Å². The summed E-state index contributed by atoms with van der Waals surface area (Å²) >= 11 is 12.1. The molecule has 0 spiro atoms. The summed E-state index contributed by atoms with van der Waals surface area (Å²) in [6.07, 6.45) is 0. The van der Waals surface area contributed by atoms with Gasteiger partial charge in [0.2, 0.25) is 0 Å². The van der Waals surface area contributed by atoms with E-state index < -0.39 is 0 Å². The second kappa shape index (κ2) is 5.13. The molecule has 3 nitrogen and oxygen atoms in total. The normalized spacial score (nSPS) is 11.0. The molecule has 0 unspecified atom stereocenters. The number of aryl methyl sites for hydroxylation is 1. The van der Waals surface area contributed by atoms with Gasteiger partial charge in [0.1, 0.15) is 11.6 Å². The van der Waals surface area contributed by atoms with Crippen molar-refractivity contribution in [2.24, 2.45) is 0 Å². The van der Waals surface area contributed by atoms with Gasteiger partial charge in [-0.25, -0.2) is 14.4 Å². The van der Waals surface area contributed by atoms with E-state index in [9.17, 15) is 4.39 Å². The molecule has 0 saturated carbocycles. The number of halogens is 3. The lowest BCUT2D eigenvalue weighted by atomic mass is 10.1. The van der Waals surface area contributed by atoms with Crippen LogP contribution in [0.5, 0.6) is 0 Å². The maximum Gasteiger partial charge on any atom is 0.162 e. The summed E-state index contributed by atoms with van der Waals surface area (Å²) in [5.41, 5.74) is 7.52. The summed E-state index contributed by atoms with van der Waals surface area (Å²) in [5.74, 6) is 0.250. The summed E-state index contributed by atoms with van der Waals surface area (Å²) in [7, 11) is 0. The molecule has 1 heterocycles. The van der Waals surface area contributed by atoms with Crippen LogP contribution in [0.2, 0.25) is 10.0 Å². The van der Waals surface area contributed by atoms with Gasteiger partial charge < -0.3 is 5.73 Å². The molecule has 6 heteroatoms. The Kier molecular flexibility index (Phi) is 3.43. The standard InChI is InChI=1S/C15H10Cl2FN3/c1-7-2-3-8(4-12(7)18)15-20-13-10(14(19)21-15)5-9(16)6-11(13)17/h2-6H,1H3,(H2,19,20,21). The molecule has 0 radical (unpaired) electrons. The van der Waals surface area contributed by atoms with Crippen molar-refractivity contribution in [3.63, 3.8) is 0 Å². The molecule has 1 aromatic heterocycles. The largest absolute Gasteiger partial charge is 0.383 e. The molecule has 0 aliphatic carbocycles. The molecule has 21 heavy (non-hydrogen) atoms. The van der Waals surface area contributed by atoms with Gasteiger partial charge in [0, 0.05) is 16.0 Å². The summed E-state index contributed by atoms with van der Waals surface area (Å²) in [6, 6.07) is 8.01. The number of aromatic nitrogens is 2. The van der Waals surface area contributed by atoms with Crippen LogP contribution >= 0.6 is 23.2 Å². The predicted molar refractivity (Wildman–Crippen MR) is 84.1 cm³/mol. The molecular formula is C15H10Cl2FN3. The first-order chi connectivity index (χ1) is 9.95. The van der Waals surface area contributed by atoms with Gasteiger partial charge in [-0.2, -0.15) is 0 Å². The number of hydrogen-bond donors (Lipinski definition) is 1. The van der Waals surface area contributed by atoms with E-state index in [-0.39, 0.29) is 11.6 Å². The molecule has 106 valence electrons. The van der Waals surface area contributed by atoms with Gasteiger partial charge in [-0.05, 0) is 30.7 Å². The smallest absolute Gasteiger partial charge is 0.162 e. The summed E-state index contributed by atoms with van der Waals surface area (Å²) in [4.78, 5) is 8.58. The van der Waals surface area contributed by atoms with Crippen molar-refractivity contribution in [1.29, 1.82) is 0 Å². The molecule has 3 rings (SSSR count). The lowest BCUT2D eigenvalue weighted by Crippen LogP contribution is -1.99. The molecule has 0 aliphatic rings. The van der Waals surface area contributed by atoms with Crippen LogP contribution in [0.3, 0.4) is 0 Å². The molecule has 0 atom stereocenters. The number of nitrogens with zero attached hydrogens (tertiary/aromatic N) is 2. The molecule has 2 aromatic carbocycles. The van der Waals surface area contributed by atoms with E-state index in [0.717, 1.165) is 0 Å². The Labute approximate surface area is 130 Å². The maximum atomic E-state index is 13.7. The Morgan fingerprint density at radius 2 is 1.86 bits per heavy atom. The van der Waals surface area contributed by atoms with Crippen molar-refractivity contribution in [3.8, 4) is 11.4 Å². The first kappa shape index (κ1) is 14.0. The second-order valence-corrected chi connectivity index (χ2v) is 5.52. The van der Waals surface area contributed by atoms with Crippen LogP contribution < -0.4 is 5.73 Å². The van der Waals surface area contributed by atoms with E-state index >= 15 is 0 Å². The number of fused-ring (bicyclic) bond motifs is 1. The van der Waals surface area contributed by atoms with E-state index in [1.54, 1.807) is 31.2 Å². The first-order valence-corrected chi connectivity index (χ1v) is 6.90.